The van der Waals surface area contributed by atoms with Crippen LogP contribution in [0.2, 0.25) is 0 Å². The van der Waals surface area contributed by atoms with E-state index in [1.54, 1.807) is 28.7 Å². The summed E-state index contributed by atoms with van der Waals surface area (Å²) < 4.78 is 17.3. The first-order valence-electron chi connectivity index (χ1n) is 6.86. The second-order valence-electron chi connectivity index (χ2n) is 5.01. The highest BCUT2D eigenvalue weighted by Gasteiger charge is 2.21. The van der Waals surface area contributed by atoms with Gasteiger partial charge in [0.15, 0.2) is 11.5 Å². The summed E-state index contributed by atoms with van der Waals surface area (Å²) in [6.45, 7) is 2.02. The second-order valence-corrected chi connectivity index (χ2v) is 5.01. The van der Waals surface area contributed by atoms with Crippen molar-refractivity contribution >= 4 is 16.9 Å². The smallest absolute Gasteiger partial charge is 0.343 e. The maximum absolute atomic E-state index is 12.6. The average molecular weight is 304 g/mol. The van der Waals surface area contributed by atoms with Crippen LogP contribution in [-0.2, 0) is 4.74 Å². The van der Waals surface area contributed by atoms with Crippen molar-refractivity contribution < 1.29 is 19.0 Å². The van der Waals surface area contributed by atoms with Gasteiger partial charge >= 0.3 is 5.97 Å². The number of nitrogens with zero attached hydrogens (tertiary/aromatic N) is 2. The van der Waals surface area contributed by atoms with Gasteiger partial charge in [0.05, 0.1) is 17.5 Å². The van der Waals surface area contributed by atoms with E-state index in [0.29, 0.717) is 22.4 Å². The molecule has 0 fully saturated rings. The molecule has 22 heavy (non-hydrogen) atoms. The molecule has 0 unspecified atom stereocenters. The number of ether oxygens (including phenoxy) is 3. The van der Waals surface area contributed by atoms with Crippen LogP contribution in [0, 0.1) is 0 Å². The molecule has 2 aromatic rings. The fourth-order valence-corrected chi connectivity index (χ4v) is 2.38. The third kappa shape index (κ3) is 2.14. The second kappa shape index (κ2) is 5.25. The number of fused-ring (bicyclic) bond motifs is 2. The lowest BCUT2D eigenvalue weighted by Gasteiger charge is -2.20. The zero-order valence-corrected chi connectivity index (χ0v) is 12.6. The van der Waals surface area contributed by atoms with Crippen LogP contribution in [0.25, 0.3) is 10.9 Å². The van der Waals surface area contributed by atoms with Crippen LogP contribution < -0.4 is 19.9 Å². The first-order chi connectivity index (χ1) is 10.5. The van der Waals surface area contributed by atoms with Crippen LogP contribution >= 0.6 is 0 Å². The van der Waals surface area contributed by atoms with Gasteiger partial charge in [0.1, 0.15) is 5.56 Å². The van der Waals surface area contributed by atoms with Gasteiger partial charge < -0.3 is 19.2 Å². The van der Waals surface area contributed by atoms with Crippen molar-refractivity contribution in [1.82, 2.24) is 4.68 Å². The molecule has 0 amide bonds. The quantitative estimate of drug-likeness (QED) is 0.791. The van der Waals surface area contributed by atoms with E-state index in [0.717, 1.165) is 0 Å². The Labute approximate surface area is 126 Å². The highest BCUT2D eigenvalue weighted by molar-refractivity contribution is 5.94. The predicted octanol–water partition coefficient (Wildman–Crippen LogP) is 1.10. The van der Waals surface area contributed by atoms with Crippen LogP contribution in [-0.4, -0.2) is 38.1 Å². The number of carbonyl (C=O) groups excluding carboxylic acids is 1. The molecule has 0 atom stereocenters. The largest absolute Gasteiger partial charge is 0.462 e. The van der Waals surface area contributed by atoms with Crippen LogP contribution in [0.15, 0.2) is 23.1 Å². The van der Waals surface area contributed by atoms with Crippen LogP contribution in [0.5, 0.6) is 11.5 Å². The lowest BCUT2D eigenvalue weighted by molar-refractivity contribution is 0.0524. The van der Waals surface area contributed by atoms with E-state index < -0.39 is 5.97 Å². The van der Waals surface area contributed by atoms with Crippen molar-refractivity contribution in [1.29, 1.82) is 0 Å². The van der Waals surface area contributed by atoms with E-state index in [1.165, 1.54) is 6.20 Å². The fraction of sp³-hybridized carbons (Fsp3) is 0.333. The van der Waals surface area contributed by atoms with Crippen molar-refractivity contribution in [3.8, 4) is 11.5 Å². The summed E-state index contributed by atoms with van der Waals surface area (Å²) >= 11 is 0. The summed E-state index contributed by atoms with van der Waals surface area (Å²) in [5.41, 5.74) is 0.235. The molecule has 0 N–H and O–H groups in total. The number of pyridine rings is 1. The molecule has 0 bridgehead atoms. The Morgan fingerprint density at radius 2 is 2.00 bits per heavy atom. The summed E-state index contributed by atoms with van der Waals surface area (Å²) in [7, 11) is 3.62. The molecule has 0 radical (unpaired) electrons. The first kappa shape index (κ1) is 14.2. The molecule has 3 rings (SSSR count). The first-order valence-corrected chi connectivity index (χ1v) is 6.86. The number of esters is 1. The Morgan fingerprint density at radius 1 is 1.32 bits per heavy atom. The van der Waals surface area contributed by atoms with Crippen LogP contribution in [0.4, 0.5) is 0 Å². The minimum Gasteiger partial charge on any atom is -0.462 e. The van der Waals surface area contributed by atoms with Gasteiger partial charge in [0, 0.05) is 26.4 Å². The van der Waals surface area contributed by atoms with Gasteiger partial charge in [0.25, 0.3) is 0 Å². The van der Waals surface area contributed by atoms with E-state index in [1.807, 2.05) is 14.1 Å². The van der Waals surface area contributed by atoms with Gasteiger partial charge in [-0.2, -0.15) is 0 Å². The van der Waals surface area contributed by atoms with Crippen molar-refractivity contribution in [2.24, 2.45) is 0 Å². The lowest BCUT2D eigenvalue weighted by atomic mass is 10.1. The molecule has 1 aliphatic heterocycles. The Kier molecular flexibility index (Phi) is 3.40. The van der Waals surface area contributed by atoms with Crippen LogP contribution in [0.3, 0.4) is 0 Å². The van der Waals surface area contributed by atoms with Crippen molar-refractivity contribution in [2.45, 2.75) is 6.92 Å². The molecule has 1 aromatic heterocycles. The molecule has 7 nitrogen and oxygen atoms in total. The Hall–Kier alpha value is -2.70. The number of hydrogen-bond donors (Lipinski definition) is 0. The molecule has 0 saturated heterocycles. The summed E-state index contributed by atoms with van der Waals surface area (Å²) in [5.74, 6) is 0.435. The third-order valence-corrected chi connectivity index (χ3v) is 3.40. The minimum atomic E-state index is -0.636. The Bertz CT molecular complexity index is 810. The molecule has 0 saturated carbocycles. The van der Waals surface area contributed by atoms with E-state index >= 15 is 0 Å². The highest BCUT2D eigenvalue weighted by atomic mass is 16.7. The predicted molar refractivity (Wildman–Crippen MR) is 80.4 cm³/mol. The van der Waals surface area contributed by atoms with Crippen molar-refractivity contribution in [2.75, 3.05) is 32.5 Å². The van der Waals surface area contributed by atoms with E-state index in [2.05, 4.69) is 0 Å². The van der Waals surface area contributed by atoms with Crippen molar-refractivity contribution in [3.63, 3.8) is 0 Å². The summed E-state index contributed by atoms with van der Waals surface area (Å²) in [6, 6.07) is 3.33. The van der Waals surface area contributed by atoms with Gasteiger partial charge in [-0.1, -0.05) is 0 Å². The van der Waals surface area contributed by atoms with E-state index in [-0.39, 0.29) is 24.4 Å². The summed E-state index contributed by atoms with van der Waals surface area (Å²) in [5, 5.41) is 2.13. The topological polar surface area (TPSA) is 70.0 Å². The standard InChI is InChI=1S/C15H16N2O5/c1-4-20-15(19)10-7-17(16(2)3)11-6-13-12(21-8-22-13)5-9(11)14(10)18/h5-7H,4,8H2,1-3H3. The molecule has 116 valence electrons. The molecular formula is C15H16N2O5. The Balaban J connectivity index is 2.32. The number of carbonyl (C=O) groups is 1. The maximum atomic E-state index is 12.6. The third-order valence-electron chi connectivity index (χ3n) is 3.40. The molecule has 2 heterocycles. The number of rotatable bonds is 3. The molecule has 1 aromatic carbocycles. The maximum Gasteiger partial charge on any atom is 0.343 e. The molecule has 0 spiro atoms. The van der Waals surface area contributed by atoms with E-state index in [9.17, 15) is 9.59 Å². The minimum absolute atomic E-state index is 0.0121. The molecular weight excluding hydrogens is 288 g/mol. The zero-order valence-electron chi connectivity index (χ0n) is 12.6. The summed E-state index contributed by atoms with van der Waals surface area (Å²) in [4.78, 5) is 24.6. The lowest BCUT2D eigenvalue weighted by Crippen LogP contribution is -2.30. The average Bonchev–Trinajstić information content (AvgIpc) is 2.93. The monoisotopic (exact) mass is 304 g/mol. The Morgan fingerprint density at radius 3 is 2.64 bits per heavy atom. The number of aromatic nitrogens is 1. The van der Waals surface area contributed by atoms with Gasteiger partial charge in [-0.15, -0.1) is 0 Å². The molecule has 1 aliphatic rings. The van der Waals surface area contributed by atoms with Gasteiger partial charge in [0.2, 0.25) is 12.2 Å². The molecule has 7 heteroatoms. The van der Waals surface area contributed by atoms with Gasteiger partial charge in [-0.05, 0) is 13.0 Å². The van der Waals surface area contributed by atoms with Gasteiger partial charge in [-0.25, -0.2) is 4.79 Å². The van der Waals surface area contributed by atoms with E-state index in [4.69, 9.17) is 14.2 Å². The highest BCUT2D eigenvalue weighted by Crippen LogP contribution is 2.35. The zero-order chi connectivity index (χ0) is 15.9. The van der Waals surface area contributed by atoms with Gasteiger partial charge in [-0.3, -0.25) is 9.47 Å². The number of benzene rings is 1. The number of hydrogen-bond acceptors (Lipinski definition) is 6. The SMILES string of the molecule is CCOC(=O)c1cn(N(C)C)c2cc3c(cc2c1=O)OCO3. The fourth-order valence-electron chi connectivity index (χ4n) is 2.38. The normalized spacial score (nSPS) is 12.5. The molecule has 0 aliphatic carbocycles. The van der Waals surface area contributed by atoms with Crippen LogP contribution in [0.1, 0.15) is 17.3 Å². The summed E-state index contributed by atoms with van der Waals surface area (Å²) in [6.07, 6.45) is 1.48. The van der Waals surface area contributed by atoms with Crippen molar-refractivity contribution in [3.05, 3.63) is 34.1 Å².